The summed E-state index contributed by atoms with van der Waals surface area (Å²) in [6.45, 7) is 1.54. The summed E-state index contributed by atoms with van der Waals surface area (Å²) in [7, 11) is -3.23. The van der Waals surface area contributed by atoms with Crippen molar-refractivity contribution in [2.45, 2.75) is 11.8 Å². The molecule has 5 nitrogen and oxygen atoms in total. The molecule has 0 aliphatic heterocycles. The van der Waals surface area contributed by atoms with E-state index in [0.29, 0.717) is 5.56 Å². The summed E-state index contributed by atoms with van der Waals surface area (Å²) in [6.07, 6.45) is 0. The van der Waals surface area contributed by atoms with E-state index < -0.39 is 32.5 Å². The molecule has 0 heterocycles. The molecule has 0 fully saturated rings. The van der Waals surface area contributed by atoms with Gasteiger partial charge in [-0.05, 0) is 42.8 Å². The van der Waals surface area contributed by atoms with Crippen LogP contribution in [0.5, 0.6) is 0 Å². The second-order valence-corrected chi connectivity index (χ2v) is 6.30. The van der Waals surface area contributed by atoms with Crippen molar-refractivity contribution >= 4 is 21.7 Å². The largest absolute Gasteiger partial charge is 0.465 e. The van der Waals surface area contributed by atoms with E-state index in [1.807, 2.05) is 0 Å². The van der Waals surface area contributed by atoms with Gasteiger partial charge >= 0.3 is 5.97 Å². The Morgan fingerprint density at radius 3 is 2.26 bits per heavy atom. The molecule has 0 aliphatic carbocycles. The number of benzene rings is 2. The summed E-state index contributed by atoms with van der Waals surface area (Å²) in [5, 5.41) is 0. The second-order valence-electron chi connectivity index (χ2n) is 4.68. The van der Waals surface area contributed by atoms with Crippen LogP contribution in [0.25, 0.3) is 0 Å². The topological polar surface area (TPSA) is 72.5 Å². The van der Waals surface area contributed by atoms with Crippen molar-refractivity contribution in [1.29, 1.82) is 0 Å². The fourth-order valence-corrected chi connectivity index (χ4v) is 3.23. The van der Waals surface area contributed by atoms with E-state index in [-0.39, 0.29) is 11.3 Å². The van der Waals surface area contributed by atoms with Crippen molar-refractivity contribution in [2.75, 3.05) is 11.8 Å². The Labute approximate surface area is 132 Å². The third-order valence-corrected chi connectivity index (χ3v) is 4.50. The normalized spacial score (nSPS) is 11.1. The zero-order chi connectivity index (χ0) is 17.2. The maximum atomic E-state index is 13.6. The number of esters is 1. The number of aryl methyl sites for hydroxylation is 1. The molecule has 0 saturated carbocycles. The van der Waals surface area contributed by atoms with Gasteiger partial charge in [-0.1, -0.05) is 6.07 Å². The molecule has 2 aromatic carbocycles. The van der Waals surface area contributed by atoms with Crippen molar-refractivity contribution in [3.8, 4) is 0 Å². The maximum absolute atomic E-state index is 13.6. The van der Waals surface area contributed by atoms with Crippen LogP contribution in [0, 0.1) is 18.6 Å². The first-order chi connectivity index (χ1) is 10.8. The lowest BCUT2D eigenvalue weighted by molar-refractivity contribution is 0.0600. The van der Waals surface area contributed by atoms with Gasteiger partial charge in [0.15, 0.2) is 4.90 Å². The van der Waals surface area contributed by atoms with Crippen LogP contribution in [0.2, 0.25) is 0 Å². The quantitative estimate of drug-likeness (QED) is 0.868. The Balaban J connectivity index is 2.40. The Morgan fingerprint density at radius 1 is 1.13 bits per heavy atom. The van der Waals surface area contributed by atoms with Crippen LogP contribution in [0.4, 0.5) is 14.5 Å². The number of carbonyl (C=O) groups excluding carboxylic acids is 1. The summed E-state index contributed by atoms with van der Waals surface area (Å²) < 4.78 is 58.3. The van der Waals surface area contributed by atoms with Crippen LogP contribution in [0.15, 0.2) is 41.3 Å². The second kappa shape index (κ2) is 6.33. The van der Waals surface area contributed by atoms with Gasteiger partial charge in [-0.15, -0.1) is 0 Å². The van der Waals surface area contributed by atoms with Crippen molar-refractivity contribution < 1.29 is 26.7 Å². The molecule has 0 bridgehead atoms. The standard InChI is InChI=1S/C15H13F2NO4S/c1-9-8-10(15(19)22-2)6-7-13(9)18-23(20,21)14-11(16)4-3-5-12(14)17/h3-8,18H,1-2H3. The molecule has 0 spiro atoms. The molecule has 8 heteroatoms. The monoisotopic (exact) mass is 341 g/mol. The van der Waals surface area contributed by atoms with Crippen molar-refractivity contribution in [3.05, 3.63) is 59.2 Å². The van der Waals surface area contributed by atoms with Gasteiger partial charge in [-0.3, -0.25) is 4.72 Å². The van der Waals surface area contributed by atoms with E-state index in [1.54, 1.807) is 6.92 Å². The van der Waals surface area contributed by atoms with E-state index in [9.17, 15) is 22.0 Å². The Morgan fingerprint density at radius 2 is 1.74 bits per heavy atom. The predicted octanol–water partition coefficient (Wildman–Crippen LogP) is 2.86. The van der Waals surface area contributed by atoms with Crippen LogP contribution in [-0.4, -0.2) is 21.5 Å². The number of anilines is 1. The lowest BCUT2D eigenvalue weighted by Crippen LogP contribution is -2.17. The van der Waals surface area contributed by atoms with Gasteiger partial charge in [0.1, 0.15) is 11.6 Å². The number of nitrogens with one attached hydrogen (secondary N) is 1. The summed E-state index contributed by atoms with van der Waals surface area (Å²) in [6, 6.07) is 6.84. The number of sulfonamides is 1. The summed E-state index contributed by atoms with van der Waals surface area (Å²) in [5.41, 5.74) is 0.721. The molecular weight excluding hydrogens is 328 g/mol. The molecule has 0 amide bonds. The van der Waals surface area contributed by atoms with Gasteiger partial charge in [0.05, 0.1) is 18.4 Å². The fraction of sp³-hybridized carbons (Fsp3) is 0.133. The molecule has 122 valence electrons. The Hall–Kier alpha value is -2.48. The molecule has 0 aliphatic rings. The number of rotatable bonds is 4. The highest BCUT2D eigenvalue weighted by molar-refractivity contribution is 7.92. The number of hydrogen-bond donors (Lipinski definition) is 1. The molecule has 0 radical (unpaired) electrons. The van der Waals surface area contributed by atoms with Crippen LogP contribution in [0.3, 0.4) is 0 Å². The van der Waals surface area contributed by atoms with E-state index in [4.69, 9.17) is 0 Å². The van der Waals surface area contributed by atoms with Gasteiger partial charge in [0.2, 0.25) is 0 Å². The Kier molecular flexibility index (Phi) is 4.65. The maximum Gasteiger partial charge on any atom is 0.337 e. The number of ether oxygens (including phenoxy) is 1. The zero-order valence-corrected chi connectivity index (χ0v) is 13.1. The molecular formula is C15H13F2NO4S. The number of carbonyl (C=O) groups is 1. The van der Waals surface area contributed by atoms with Gasteiger partial charge in [0, 0.05) is 0 Å². The molecule has 1 N–H and O–H groups in total. The lowest BCUT2D eigenvalue weighted by atomic mass is 10.1. The molecule has 0 aromatic heterocycles. The third kappa shape index (κ3) is 3.48. The third-order valence-electron chi connectivity index (χ3n) is 3.08. The molecule has 2 rings (SSSR count). The Bertz CT molecular complexity index is 846. The van der Waals surface area contributed by atoms with Gasteiger partial charge in [-0.25, -0.2) is 22.0 Å². The summed E-state index contributed by atoms with van der Waals surface area (Å²) in [4.78, 5) is 10.4. The highest BCUT2D eigenvalue weighted by atomic mass is 32.2. The lowest BCUT2D eigenvalue weighted by Gasteiger charge is -2.12. The van der Waals surface area contributed by atoms with Crippen LogP contribution in [0.1, 0.15) is 15.9 Å². The van der Waals surface area contributed by atoms with Crippen LogP contribution >= 0.6 is 0 Å². The van der Waals surface area contributed by atoms with E-state index in [2.05, 4.69) is 9.46 Å². The van der Waals surface area contributed by atoms with E-state index in [0.717, 1.165) is 18.2 Å². The summed E-state index contributed by atoms with van der Waals surface area (Å²) >= 11 is 0. The van der Waals surface area contributed by atoms with Crippen molar-refractivity contribution in [3.63, 3.8) is 0 Å². The molecule has 0 unspecified atom stereocenters. The first kappa shape index (κ1) is 16.9. The van der Waals surface area contributed by atoms with Crippen molar-refractivity contribution in [1.82, 2.24) is 0 Å². The predicted molar refractivity (Wildman–Crippen MR) is 79.7 cm³/mol. The van der Waals surface area contributed by atoms with E-state index in [1.165, 1.54) is 25.3 Å². The van der Waals surface area contributed by atoms with Gasteiger partial charge < -0.3 is 4.74 Å². The molecule has 23 heavy (non-hydrogen) atoms. The van der Waals surface area contributed by atoms with Gasteiger partial charge in [-0.2, -0.15) is 0 Å². The molecule has 0 saturated heterocycles. The van der Waals surface area contributed by atoms with E-state index >= 15 is 0 Å². The van der Waals surface area contributed by atoms with Gasteiger partial charge in [0.25, 0.3) is 10.0 Å². The molecule has 2 aromatic rings. The average Bonchev–Trinajstić information content (AvgIpc) is 2.48. The number of halogens is 2. The van der Waals surface area contributed by atoms with Crippen LogP contribution in [-0.2, 0) is 14.8 Å². The smallest absolute Gasteiger partial charge is 0.337 e. The minimum Gasteiger partial charge on any atom is -0.465 e. The minimum atomic E-state index is -4.45. The van der Waals surface area contributed by atoms with Crippen LogP contribution < -0.4 is 4.72 Å². The first-order valence-electron chi connectivity index (χ1n) is 6.42. The first-order valence-corrected chi connectivity index (χ1v) is 7.90. The molecule has 0 atom stereocenters. The minimum absolute atomic E-state index is 0.0975. The summed E-state index contributed by atoms with van der Waals surface area (Å²) in [5.74, 6) is -2.97. The highest BCUT2D eigenvalue weighted by Gasteiger charge is 2.24. The fourth-order valence-electron chi connectivity index (χ4n) is 1.96. The highest BCUT2D eigenvalue weighted by Crippen LogP contribution is 2.24. The van der Waals surface area contributed by atoms with Crippen molar-refractivity contribution in [2.24, 2.45) is 0 Å². The average molecular weight is 341 g/mol. The SMILES string of the molecule is COC(=O)c1ccc(NS(=O)(=O)c2c(F)cccc2F)c(C)c1. The zero-order valence-electron chi connectivity index (χ0n) is 12.3. The number of hydrogen-bond acceptors (Lipinski definition) is 4. The number of methoxy groups -OCH3 is 1.